The van der Waals surface area contributed by atoms with E-state index in [0.29, 0.717) is 6.42 Å². The molecule has 1 aromatic heterocycles. The SMILES string of the molecule is Cn1cccc1C1=CC(=O)CC1. The Bertz CT molecular complexity index is 346. The van der Waals surface area contributed by atoms with Gasteiger partial charge in [-0.1, -0.05) is 0 Å². The van der Waals surface area contributed by atoms with Gasteiger partial charge in [0.1, 0.15) is 0 Å². The highest BCUT2D eigenvalue weighted by molar-refractivity contribution is 6.01. The van der Waals surface area contributed by atoms with Crippen LogP contribution in [0.1, 0.15) is 18.5 Å². The summed E-state index contributed by atoms with van der Waals surface area (Å²) in [6, 6.07) is 4.05. The molecule has 12 heavy (non-hydrogen) atoms. The first-order chi connectivity index (χ1) is 5.77. The fourth-order valence-corrected chi connectivity index (χ4v) is 1.59. The van der Waals surface area contributed by atoms with E-state index in [4.69, 9.17) is 0 Å². The molecule has 0 aromatic carbocycles. The minimum absolute atomic E-state index is 0.256. The average Bonchev–Trinajstić information content (AvgIpc) is 2.58. The van der Waals surface area contributed by atoms with E-state index in [0.717, 1.165) is 6.42 Å². The fraction of sp³-hybridized carbons (Fsp3) is 0.300. The van der Waals surface area contributed by atoms with Gasteiger partial charge in [0.25, 0.3) is 0 Å². The predicted octanol–water partition coefficient (Wildman–Crippen LogP) is 1.77. The average molecular weight is 161 g/mol. The number of hydrogen-bond acceptors (Lipinski definition) is 1. The molecule has 0 saturated heterocycles. The van der Waals surface area contributed by atoms with Crippen molar-refractivity contribution in [2.45, 2.75) is 12.8 Å². The third kappa shape index (κ3) is 1.09. The van der Waals surface area contributed by atoms with Crippen molar-refractivity contribution < 1.29 is 4.79 Å². The summed E-state index contributed by atoms with van der Waals surface area (Å²) >= 11 is 0. The summed E-state index contributed by atoms with van der Waals surface area (Å²) in [6.45, 7) is 0. The maximum Gasteiger partial charge on any atom is 0.156 e. The number of hydrogen-bond donors (Lipinski definition) is 0. The molecule has 62 valence electrons. The molecule has 1 aliphatic rings. The quantitative estimate of drug-likeness (QED) is 0.615. The van der Waals surface area contributed by atoms with Crippen molar-refractivity contribution in [3.63, 3.8) is 0 Å². The maximum absolute atomic E-state index is 11.0. The minimum atomic E-state index is 0.256. The molecule has 0 N–H and O–H groups in total. The second-order valence-electron chi connectivity index (χ2n) is 3.14. The van der Waals surface area contributed by atoms with Crippen LogP contribution < -0.4 is 0 Å². The van der Waals surface area contributed by atoms with Crippen molar-refractivity contribution >= 4 is 11.4 Å². The van der Waals surface area contributed by atoms with Crippen molar-refractivity contribution in [2.24, 2.45) is 7.05 Å². The summed E-state index contributed by atoms with van der Waals surface area (Å²) < 4.78 is 2.05. The molecule has 0 unspecified atom stereocenters. The van der Waals surface area contributed by atoms with Crippen molar-refractivity contribution in [1.82, 2.24) is 4.57 Å². The van der Waals surface area contributed by atoms with Gasteiger partial charge in [-0.15, -0.1) is 0 Å². The van der Waals surface area contributed by atoms with E-state index in [1.54, 1.807) is 6.08 Å². The first-order valence-corrected chi connectivity index (χ1v) is 4.12. The lowest BCUT2D eigenvalue weighted by molar-refractivity contribution is -0.114. The van der Waals surface area contributed by atoms with E-state index in [1.165, 1.54) is 11.3 Å². The molecule has 0 fully saturated rings. The largest absolute Gasteiger partial charge is 0.351 e. The minimum Gasteiger partial charge on any atom is -0.351 e. The smallest absolute Gasteiger partial charge is 0.156 e. The number of ketones is 1. The molecule has 0 atom stereocenters. The van der Waals surface area contributed by atoms with Crippen LogP contribution in [0, 0.1) is 0 Å². The molecule has 2 nitrogen and oxygen atoms in total. The number of allylic oxidation sites excluding steroid dienone is 2. The molecule has 1 aliphatic carbocycles. The molecule has 1 heterocycles. The Morgan fingerprint density at radius 3 is 2.75 bits per heavy atom. The highest BCUT2D eigenvalue weighted by Crippen LogP contribution is 2.25. The molecular weight excluding hydrogens is 150 g/mol. The summed E-state index contributed by atoms with van der Waals surface area (Å²) in [7, 11) is 2.00. The number of carbonyl (C=O) groups is 1. The highest BCUT2D eigenvalue weighted by atomic mass is 16.1. The van der Waals surface area contributed by atoms with Crippen LogP contribution in [0.15, 0.2) is 24.4 Å². The Labute approximate surface area is 71.5 Å². The van der Waals surface area contributed by atoms with Crippen LogP contribution in [0.5, 0.6) is 0 Å². The molecule has 0 bridgehead atoms. The van der Waals surface area contributed by atoms with Crippen LogP contribution in [0.4, 0.5) is 0 Å². The summed E-state index contributed by atoms with van der Waals surface area (Å²) in [5.74, 6) is 0.256. The Kier molecular flexibility index (Phi) is 1.61. The molecule has 0 aliphatic heterocycles. The van der Waals surface area contributed by atoms with Crippen molar-refractivity contribution in [2.75, 3.05) is 0 Å². The van der Waals surface area contributed by atoms with Crippen LogP contribution in [0.2, 0.25) is 0 Å². The lowest BCUT2D eigenvalue weighted by atomic mass is 10.2. The summed E-state index contributed by atoms with van der Waals surface area (Å²) in [4.78, 5) is 11.0. The van der Waals surface area contributed by atoms with Crippen LogP contribution in [0.25, 0.3) is 5.57 Å². The molecule has 2 heteroatoms. The second-order valence-corrected chi connectivity index (χ2v) is 3.14. The van der Waals surface area contributed by atoms with E-state index in [-0.39, 0.29) is 5.78 Å². The van der Waals surface area contributed by atoms with E-state index in [1.807, 2.05) is 29.9 Å². The van der Waals surface area contributed by atoms with E-state index >= 15 is 0 Å². The van der Waals surface area contributed by atoms with E-state index in [2.05, 4.69) is 0 Å². The Balaban J connectivity index is 2.38. The summed E-state index contributed by atoms with van der Waals surface area (Å²) in [6.07, 6.45) is 5.34. The van der Waals surface area contributed by atoms with Crippen molar-refractivity contribution in [3.8, 4) is 0 Å². The first kappa shape index (κ1) is 7.35. The maximum atomic E-state index is 11.0. The van der Waals surface area contributed by atoms with Crippen LogP contribution in [-0.4, -0.2) is 10.4 Å². The van der Waals surface area contributed by atoms with E-state index in [9.17, 15) is 4.79 Å². The number of aryl methyl sites for hydroxylation is 1. The Morgan fingerprint density at radius 1 is 1.42 bits per heavy atom. The second kappa shape index (κ2) is 2.63. The van der Waals surface area contributed by atoms with Gasteiger partial charge in [0.05, 0.1) is 0 Å². The van der Waals surface area contributed by atoms with Gasteiger partial charge in [0.15, 0.2) is 5.78 Å². The van der Waals surface area contributed by atoms with Crippen LogP contribution in [-0.2, 0) is 11.8 Å². The first-order valence-electron chi connectivity index (χ1n) is 4.12. The molecule has 0 radical (unpaired) electrons. The standard InChI is InChI=1S/C10H11NO/c1-11-6-2-3-10(11)8-4-5-9(12)7-8/h2-3,6-7H,4-5H2,1H3. The lowest BCUT2D eigenvalue weighted by Gasteiger charge is -2.01. The Hall–Kier alpha value is -1.31. The number of carbonyl (C=O) groups excluding carboxylic acids is 1. The van der Waals surface area contributed by atoms with Gasteiger partial charge in [-0.3, -0.25) is 4.79 Å². The number of rotatable bonds is 1. The third-order valence-corrected chi connectivity index (χ3v) is 2.25. The van der Waals surface area contributed by atoms with Gasteiger partial charge in [0, 0.05) is 25.4 Å². The zero-order valence-corrected chi connectivity index (χ0v) is 7.08. The van der Waals surface area contributed by atoms with Crippen molar-refractivity contribution in [1.29, 1.82) is 0 Å². The topological polar surface area (TPSA) is 22.0 Å². The van der Waals surface area contributed by atoms with E-state index < -0.39 is 0 Å². The predicted molar refractivity (Wildman–Crippen MR) is 47.6 cm³/mol. The molecular formula is C10H11NO. The van der Waals surface area contributed by atoms with Crippen LogP contribution in [0.3, 0.4) is 0 Å². The molecule has 0 amide bonds. The zero-order valence-electron chi connectivity index (χ0n) is 7.08. The van der Waals surface area contributed by atoms with Gasteiger partial charge in [0.2, 0.25) is 0 Å². The van der Waals surface area contributed by atoms with Gasteiger partial charge in [-0.05, 0) is 30.2 Å². The normalized spacial score (nSPS) is 16.8. The number of nitrogens with zero attached hydrogens (tertiary/aromatic N) is 1. The molecule has 1 aromatic rings. The van der Waals surface area contributed by atoms with Gasteiger partial charge in [-0.25, -0.2) is 0 Å². The van der Waals surface area contributed by atoms with Gasteiger partial charge in [-0.2, -0.15) is 0 Å². The lowest BCUT2D eigenvalue weighted by Crippen LogP contribution is -1.91. The highest BCUT2D eigenvalue weighted by Gasteiger charge is 2.14. The zero-order chi connectivity index (χ0) is 8.55. The summed E-state index contributed by atoms with van der Waals surface area (Å²) in [5.41, 5.74) is 2.34. The van der Waals surface area contributed by atoms with Gasteiger partial charge < -0.3 is 4.57 Å². The Morgan fingerprint density at radius 2 is 2.25 bits per heavy atom. The third-order valence-electron chi connectivity index (χ3n) is 2.25. The number of aromatic nitrogens is 1. The molecule has 0 saturated carbocycles. The van der Waals surface area contributed by atoms with Crippen LogP contribution >= 0.6 is 0 Å². The van der Waals surface area contributed by atoms with Crippen molar-refractivity contribution in [3.05, 3.63) is 30.1 Å². The molecule has 2 rings (SSSR count). The fourth-order valence-electron chi connectivity index (χ4n) is 1.59. The molecule has 0 spiro atoms. The summed E-state index contributed by atoms with van der Waals surface area (Å²) in [5, 5.41) is 0. The monoisotopic (exact) mass is 161 g/mol. The van der Waals surface area contributed by atoms with Gasteiger partial charge >= 0.3 is 0 Å².